The molecule has 7 heteroatoms. The molecule has 7 nitrogen and oxygen atoms in total. The third-order valence-corrected chi connectivity index (χ3v) is 3.78. The summed E-state index contributed by atoms with van der Waals surface area (Å²) in [6.45, 7) is 5.72. The Hall–Kier alpha value is -2.41. The van der Waals surface area contributed by atoms with Crippen LogP contribution in [0.5, 0.6) is 0 Å². The largest absolute Gasteiger partial charge is 0.465 e. The van der Waals surface area contributed by atoms with E-state index in [1.54, 1.807) is 31.2 Å². The molecular weight excluding hydrogens is 338 g/mol. The number of hydrogen-bond donors (Lipinski definition) is 0. The minimum atomic E-state index is -0.741. The number of ether oxygens (including phenoxy) is 3. The van der Waals surface area contributed by atoms with Crippen molar-refractivity contribution in [1.29, 1.82) is 0 Å². The Morgan fingerprint density at radius 2 is 1.77 bits per heavy atom. The van der Waals surface area contributed by atoms with E-state index in [4.69, 9.17) is 14.2 Å². The van der Waals surface area contributed by atoms with Crippen molar-refractivity contribution in [1.82, 2.24) is 0 Å². The highest BCUT2D eigenvalue weighted by Gasteiger charge is 2.21. The fraction of sp³-hybridized carbons (Fsp3) is 0.526. The zero-order valence-corrected chi connectivity index (χ0v) is 16.0. The molecule has 0 bridgehead atoms. The molecule has 0 aliphatic rings. The van der Waals surface area contributed by atoms with Crippen LogP contribution >= 0.6 is 0 Å². The summed E-state index contributed by atoms with van der Waals surface area (Å²) in [4.78, 5) is 37.3. The van der Waals surface area contributed by atoms with Crippen LogP contribution in [0.4, 0.5) is 5.69 Å². The van der Waals surface area contributed by atoms with E-state index in [0.29, 0.717) is 18.2 Å². The lowest BCUT2D eigenvalue weighted by Crippen LogP contribution is -2.34. The van der Waals surface area contributed by atoms with Crippen molar-refractivity contribution in [2.75, 3.05) is 32.3 Å². The van der Waals surface area contributed by atoms with Crippen LogP contribution in [0.15, 0.2) is 24.3 Å². The Balaban J connectivity index is 2.60. The summed E-state index contributed by atoms with van der Waals surface area (Å²) in [5.74, 6) is -1.14. The molecule has 0 saturated carbocycles. The maximum absolute atomic E-state index is 12.3. The molecule has 0 aliphatic heterocycles. The average Bonchev–Trinajstić information content (AvgIpc) is 2.63. The minimum Gasteiger partial charge on any atom is -0.465 e. The second kappa shape index (κ2) is 10.6. The molecule has 0 heterocycles. The summed E-state index contributed by atoms with van der Waals surface area (Å²) in [6.07, 6.45) is 0.0954. The van der Waals surface area contributed by atoms with Crippen LogP contribution in [-0.2, 0) is 23.8 Å². The quantitative estimate of drug-likeness (QED) is 0.625. The van der Waals surface area contributed by atoms with E-state index < -0.39 is 30.6 Å². The number of amides is 1. The first-order chi connectivity index (χ1) is 12.3. The van der Waals surface area contributed by atoms with Crippen LogP contribution in [0.3, 0.4) is 0 Å². The van der Waals surface area contributed by atoms with Gasteiger partial charge >= 0.3 is 11.9 Å². The number of esters is 2. The summed E-state index contributed by atoms with van der Waals surface area (Å²) in [6, 6.07) is 6.54. The fourth-order valence-electron chi connectivity index (χ4n) is 2.08. The van der Waals surface area contributed by atoms with Gasteiger partial charge in [-0.15, -0.1) is 0 Å². The molecule has 0 fully saturated rings. The molecule has 1 aromatic rings. The number of hydrogen-bond acceptors (Lipinski definition) is 6. The highest BCUT2D eigenvalue weighted by Crippen LogP contribution is 2.20. The Bertz CT molecular complexity index is 628. The lowest BCUT2D eigenvalue weighted by atomic mass is 10.1. The molecule has 0 spiro atoms. The van der Waals surface area contributed by atoms with E-state index >= 15 is 0 Å². The molecule has 144 valence electrons. The molecular formula is C19H27NO6. The first-order valence-electron chi connectivity index (χ1n) is 8.50. The van der Waals surface area contributed by atoms with Crippen LogP contribution in [0.1, 0.15) is 37.6 Å². The van der Waals surface area contributed by atoms with Gasteiger partial charge in [0, 0.05) is 13.7 Å². The molecule has 1 aromatic carbocycles. The number of anilines is 1. The maximum Gasteiger partial charge on any atom is 0.339 e. The van der Waals surface area contributed by atoms with Gasteiger partial charge in [-0.25, -0.2) is 9.59 Å². The molecule has 0 saturated heterocycles. The van der Waals surface area contributed by atoms with Gasteiger partial charge in [-0.3, -0.25) is 4.79 Å². The summed E-state index contributed by atoms with van der Waals surface area (Å²) >= 11 is 0. The van der Waals surface area contributed by atoms with Gasteiger partial charge in [0.05, 0.1) is 18.4 Å². The predicted octanol–water partition coefficient (Wildman–Crippen LogP) is 2.43. The third kappa shape index (κ3) is 6.48. The topological polar surface area (TPSA) is 82.1 Å². The van der Waals surface area contributed by atoms with Crippen molar-refractivity contribution in [2.24, 2.45) is 5.92 Å². The highest BCUT2D eigenvalue weighted by molar-refractivity contribution is 6.03. The lowest BCUT2D eigenvalue weighted by Gasteiger charge is -2.20. The number of rotatable bonds is 9. The second-order valence-electron chi connectivity index (χ2n) is 6.26. The van der Waals surface area contributed by atoms with Crippen molar-refractivity contribution in [3.63, 3.8) is 0 Å². The van der Waals surface area contributed by atoms with Gasteiger partial charge < -0.3 is 19.1 Å². The van der Waals surface area contributed by atoms with E-state index in [1.807, 2.05) is 0 Å². The molecule has 1 atom stereocenters. The number of nitrogens with zero attached hydrogens (tertiary/aromatic N) is 1. The normalized spacial score (nSPS) is 11.8. The number of para-hydroxylation sites is 1. The minimum absolute atomic E-state index is 0.252. The smallest absolute Gasteiger partial charge is 0.339 e. The van der Waals surface area contributed by atoms with Crippen molar-refractivity contribution < 1.29 is 28.6 Å². The van der Waals surface area contributed by atoms with E-state index in [1.165, 1.54) is 19.1 Å². The number of carbonyl (C=O) groups is 3. The van der Waals surface area contributed by atoms with Crippen molar-refractivity contribution in [3.8, 4) is 0 Å². The Labute approximate surface area is 154 Å². The monoisotopic (exact) mass is 365 g/mol. The van der Waals surface area contributed by atoms with E-state index in [2.05, 4.69) is 13.8 Å². The predicted molar refractivity (Wildman–Crippen MR) is 97.0 cm³/mol. The SMILES string of the molecule is COC(=O)c1ccccc1N(C)C(=O)COC(=O)C(C)OCCC(C)C. The molecule has 1 amide bonds. The summed E-state index contributed by atoms with van der Waals surface area (Å²) in [5, 5.41) is 0. The molecule has 1 unspecified atom stereocenters. The molecule has 0 N–H and O–H groups in total. The van der Waals surface area contributed by atoms with Gasteiger partial charge in [0.15, 0.2) is 12.7 Å². The molecule has 0 aromatic heterocycles. The number of methoxy groups -OCH3 is 1. The zero-order valence-electron chi connectivity index (χ0n) is 16.0. The highest BCUT2D eigenvalue weighted by atomic mass is 16.6. The zero-order chi connectivity index (χ0) is 19.7. The second-order valence-corrected chi connectivity index (χ2v) is 6.26. The molecule has 0 aliphatic carbocycles. The Kier molecular flexibility index (Phi) is 8.78. The van der Waals surface area contributed by atoms with Gasteiger partial charge in [-0.05, 0) is 31.4 Å². The van der Waals surface area contributed by atoms with Crippen LogP contribution in [0.2, 0.25) is 0 Å². The lowest BCUT2D eigenvalue weighted by molar-refractivity contribution is -0.158. The van der Waals surface area contributed by atoms with E-state index in [-0.39, 0.29) is 5.56 Å². The van der Waals surface area contributed by atoms with Crippen molar-refractivity contribution in [2.45, 2.75) is 33.3 Å². The van der Waals surface area contributed by atoms with Gasteiger partial charge in [-0.2, -0.15) is 0 Å². The fourth-order valence-corrected chi connectivity index (χ4v) is 2.08. The molecule has 0 radical (unpaired) electrons. The Morgan fingerprint density at radius 1 is 1.12 bits per heavy atom. The summed E-state index contributed by atoms with van der Waals surface area (Å²) in [7, 11) is 2.77. The van der Waals surface area contributed by atoms with E-state index in [9.17, 15) is 14.4 Å². The van der Waals surface area contributed by atoms with Crippen LogP contribution in [-0.4, -0.2) is 51.3 Å². The van der Waals surface area contributed by atoms with Gasteiger partial charge in [0.2, 0.25) is 0 Å². The van der Waals surface area contributed by atoms with E-state index in [0.717, 1.165) is 6.42 Å². The van der Waals surface area contributed by atoms with Crippen LogP contribution in [0, 0.1) is 5.92 Å². The van der Waals surface area contributed by atoms with Crippen LogP contribution < -0.4 is 4.90 Å². The van der Waals surface area contributed by atoms with Gasteiger partial charge in [0.1, 0.15) is 0 Å². The first kappa shape index (κ1) is 21.6. The van der Waals surface area contributed by atoms with Crippen molar-refractivity contribution in [3.05, 3.63) is 29.8 Å². The van der Waals surface area contributed by atoms with Gasteiger partial charge in [0.25, 0.3) is 5.91 Å². The maximum atomic E-state index is 12.3. The number of benzene rings is 1. The number of carbonyl (C=O) groups excluding carboxylic acids is 3. The molecule has 26 heavy (non-hydrogen) atoms. The Morgan fingerprint density at radius 3 is 2.38 bits per heavy atom. The first-order valence-corrected chi connectivity index (χ1v) is 8.50. The number of likely N-dealkylation sites (N-methyl/N-ethyl adjacent to an activating group) is 1. The standard InChI is InChI=1S/C19H27NO6/c1-13(2)10-11-25-14(3)18(22)26-12-17(21)20(4)16-9-7-6-8-15(16)19(23)24-5/h6-9,13-14H,10-12H2,1-5H3. The third-order valence-electron chi connectivity index (χ3n) is 3.78. The van der Waals surface area contributed by atoms with Crippen molar-refractivity contribution >= 4 is 23.5 Å². The summed E-state index contributed by atoms with van der Waals surface area (Å²) in [5.41, 5.74) is 0.629. The average molecular weight is 365 g/mol. The van der Waals surface area contributed by atoms with Crippen LogP contribution in [0.25, 0.3) is 0 Å². The van der Waals surface area contributed by atoms with Gasteiger partial charge in [-0.1, -0.05) is 26.0 Å². The summed E-state index contributed by atoms with van der Waals surface area (Å²) < 4.78 is 15.1. The molecule has 1 rings (SSSR count).